The van der Waals surface area contributed by atoms with Crippen molar-refractivity contribution in [1.82, 2.24) is 9.21 Å². The largest absolute Gasteiger partial charge is 0.332 e. The second-order valence-corrected chi connectivity index (χ2v) is 9.52. The number of para-hydroxylation sites is 1. The number of anilines is 1. The van der Waals surface area contributed by atoms with Crippen molar-refractivity contribution < 1.29 is 18.0 Å². The van der Waals surface area contributed by atoms with Crippen LogP contribution >= 0.6 is 11.6 Å². The van der Waals surface area contributed by atoms with Crippen molar-refractivity contribution in [2.45, 2.75) is 24.2 Å². The minimum absolute atomic E-state index is 0.167. The minimum atomic E-state index is -3.55. The van der Waals surface area contributed by atoms with Crippen LogP contribution < -0.4 is 5.32 Å². The van der Waals surface area contributed by atoms with E-state index in [-0.39, 0.29) is 23.3 Å². The van der Waals surface area contributed by atoms with Gasteiger partial charge in [-0.3, -0.25) is 9.59 Å². The summed E-state index contributed by atoms with van der Waals surface area (Å²) in [6, 6.07) is 12.7. The van der Waals surface area contributed by atoms with E-state index in [1.807, 2.05) is 0 Å². The first kappa shape index (κ1) is 22.3. The Labute approximate surface area is 181 Å². The summed E-state index contributed by atoms with van der Waals surface area (Å²) in [6.07, 6.45) is 2.75. The molecule has 1 fully saturated rings. The van der Waals surface area contributed by atoms with Gasteiger partial charge in [0.15, 0.2) is 0 Å². The van der Waals surface area contributed by atoms with Crippen molar-refractivity contribution in [2.24, 2.45) is 0 Å². The molecule has 2 aromatic carbocycles. The van der Waals surface area contributed by atoms with E-state index in [9.17, 15) is 18.0 Å². The van der Waals surface area contributed by atoms with E-state index >= 15 is 0 Å². The van der Waals surface area contributed by atoms with Crippen LogP contribution in [0.3, 0.4) is 0 Å². The van der Waals surface area contributed by atoms with Gasteiger partial charge in [0.25, 0.3) is 5.91 Å². The molecule has 1 aliphatic heterocycles. The van der Waals surface area contributed by atoms with E-state index in [1.165, 1.54) is 40.5 Å². The predicted molar refractivity (Wildman–Crippen MR) is 116 cm³/mol. The van der Waals surface area contributed by atoms with Crippen LogP contribution in [0, 0.1) is 0 Å². The summed E-state index contributed by atoms with van der Waals surface area (Å²) in [6.45, 7) is 0.872. The Hall–Kier alpha value is -2.42. The Balaban J connectivity index is 1.63. The lowest BCUT2D eigenvalue weighted by molar-refractivity contribution is -0.116. The average Bonchev–Trinajstić information content (AvgIpc) is 2.75. The van der Waals surface area contributed by atoms with Gasteiger partial charge < -0.3 is 10.2 Å². The lowest BCUT2D eigenvalue weighted by atomic mass is 10.2. The second-order valence-electron chi connectivity index (χ2n) is 7.18. The molecular formula is C21H24ClN3O4S. The first-order valence-corrected chi connectivity index (χ1v) is 11.5. The number of carbonyl (C=O) groups excluding carboxylic acids is 2. The first-order valence-electron chi connectivity index (χ1n) is 9.69. The number of nitrogens with one attached hydrogen (secondary N) is 1. The zero-order valence-electron chi connectivity index (χ0n) is 16.7. The summed E-state index contributed by atoms with van der Waals surface area (Å²) >= 11 is 6.02. The minimum Gasteiger partial charge on any atom is -0.332 e. The Bertz CT molecular complexity index is 1020. The van der Waals surface area contributed by atoms with E-state index in [0.29, 0.717) is 29.4 Å². The van der Waals surface area contributed by atoms with Crippen LogP contribution in [0.15, 0.2) is 53.4 Å². The van der Waals surface area contributed by atoms with Gasteiger partial charge in [0.2, 0.25) is 15.9 Å². The molecule has 160 valence electrons. The fraction of sp³-hybridized carbons (Fsp3) is 0.333. The SMILES string of the molecule is CN(CC(=O)Nc1ccccc1Cl)C(=O)c1ccc(S(=O)(=O)N2CCCCC2)cc1. The highest BCUT2D eigenvalue weighted by atomic mass is 35.5. The van der Waals surface area contributed by atoms with Crippen molar-refractivity contribution in [1.29, 1.82) is 0 Å². The summed E-state index contributed by atoms with van der Waals surface area (Å²) in [4.78, 5) is 26.3. The van der Waals surface area contributed by atoms with Crippen molar-refractivity contribution in [2.75, 3.05) is 32.0 Å². The Morgan fingerprint density at radius 2 is 1.67 bits per heavy atom. The van der Waals surface area contributed by atoms with Crippen LogP contribution in [-0.2, 0) is 14.8 Å². The summed E-state index contributed by atoms with van der Waals surface area (Å²) in [7, 11) is -2.04. The summed E-state index contributed by atoms with van der Waals surface area (Å²) in [5.41, 5.74) is 0.776. The summed E-state index contributed by atoms with van der Waals surface area (Å²) in [5, 5.41) is 3.07. The van der Waals surface area contributed by atoms with Gasteiger partial charge in [0.05, 0.1) is 22.2 Å². The average molecular weight is 450 g/mol. The zero-order valence-corrected chi connectivity index (χ0v) is 18.2. The Morgan fingerprint density at radius 1 is 1.03 bits per heavy atom. The molecule has 9 heteroatoms. The highest BCUT2D eigenvalue weighted by molar-refractivity contribution is 7.89. The molecule has 0 atom stereocenters. The van der Waals surface area contributed by atoms with Crippen molar-refractivity contribution in [3.63, 3.8) is 0 Å². The second kappa shape index (κ2) is 9.59. The molecule has 0 spiro atoms. The molecule has 1 aliphatic rings. The maximum Gasteiger partial charge on any atom is 0.254 e. The molecule has 3 rings (SSSR count). The molecule has 2 aromatic rings. The third-order valence-corrected chi connectivity index (χ3v) is 7.17. The Morgan fingerprint density at radius 3 is 2.30 bits per heavy atom. The number of likely N-dealkylation sites (N-methyl/N-ethyl adjacent to an activating group) is 1. The third-order valence-electron chi connectivity index (χ3n) is 4.93. The van der Waals surface area contributed by atoms with Gasteiger partial charge in [0, 0.05) is 25.7 Å². The van der Waals surface area contributed by atoms with Gasteiger partial charge >= 0.3 is 0 Å². The molecule has 0 saturated carbocycles. The van der Waals surface area contributed by atoms with Crippen LogP contribution in [0.4, 0.5) is 5.69 Å². The van der Waals surface area contributed by atoms with Gasteiger partial charge in [-0.05, 0) is 49.2 Å². The lowest BCUT2D eigenvalue weighted by Crippen LogP contribution is -2.36. The monoisotopic (exact) mass is 449 g/mol. The number of sulfonamides is 1. The number of carbonyl (C=O) groups is 2. The van der Waals surface area contributed by atoms with Gasteiger partial charge in [-0.15, -0.1) is 0 Å². The molecule has 0 bridgehead atoms. The van der Waals surface area contributed by atoms with Gasteiger partial charge in [-0.2, -0.15) is 4.31 Å². The molecule has 0 unspecified atom stereocenters. The fourth-order valence-electron chi connectivity index (χ4n) is 3.28. The van der Waals surface area contributed by atoms with E-state index in [0.717, 1.165) is 19.3 Å². The topological polar surface area (TPSA) is 86.8 Å². The smallest absolute Gasteiger partial charge is 0.254 e. The Kier molecular flexibility index (Phi) is 7.12. The number of nitrogens with zero attached hydrogens (tertiary/aromatic N) is 2. The molecule has 7 nitrogen and oxygen atoms in total. The molecule has 2 amide bonds. The van der Waals surface area contributed by atoms with Crippen LogP contribution in [0.1, 0.15) is 29.6 Å². The van der Waals surface area contributed by atoms with Crippen LogP contribution in [0.25, 0.3) is 0 Å². The summed E-state index contributed by atoms with van der Waals surface area (Å²) < 4.78 is 26.9. The van der Waals surface area contributed by atoms with Crippen LogP contribution in [0.5, 0.6) is 0 Å². The third kappa shape index (κ3) is 5.19. The molecule has 30 heavy (non-hydrogen) atoms. The number of halogens is 1. The number of piperidine rings is 1. The van der Waals surface area contributed by atoms with Crippen molar-refractivity contribution >= 4 is 39.1 Å². The quantitative estimate of drug-likeness (QED) is 0.733. The highest BCUT2D eigenvalue weighted by Gasteiger charge is 2.26. The van der Waals surface area contributed by atoms with Crippen LogP contribution in [0.2, 0.25) is 5.02 Å². The van der Waals surface area contributed by atoms with Gasteiger partial charge in [-0.25, -0.2) is 8.42 Å². The van der Waals surface area contributed by atoms with E-state index in [4.69, 9.17) is 11.6 Å². The van der Waals surface area contributed by atoms with E-state index in [2.05, 4.69) is 5.32 Å². The number of amides is 2. The number of hydrogen-bond acceptors (Lipinski definition) is 4. The van der Waals surface area contributed by atoms with Gasteiger partial charge in [-0.1, -0.05) is 30.2 Å². The molecule has 0 aromatic heterocycles. The molecule has 1 N–H and O–H groups in total. The first-order chi connectivity index (χ1) is 14.3. The van der Waals surface area contributed by atoms with Crippen LogP contribution in [-0.4, -0.2) is 56.1 Å². The van der Waals surface area contributed by atoms with Crippen molar-refractivity contribution in [3.05, 3.63) is 59.1 Å². The molecule has 1 saturated heterocycles. The van der Waals surface area contributed by atoms with Crippen molar-refractivity contribution in [3.8, 4) is 0 Å². The number of benzene rings is 2. The molecule has 1 heterocycles. The molecular weight excluding hydrogens is 426 g/mol. The molecule has 0 radical (unpaired) electrons. The van der Waals surface area contributed by atoms with E-state index in [1.54, 1.807) is 24.3 Å². The molecule has 0 aliphatic carbocycles. The maximum absolute atomic E-state index is 12.7. The highest BCUT2D eigenvalue weighted by Crippen LogP contribution is 2.22. The normalized spacial score (nSPS) is 14.9. The maximum atomic E-state index is 12.7. The predicted octanol–water partition coefficient (Wildman–Crippen LogP) is 3.23. The zero-order chi connectivity index (χ0) is 21.7. The van der Waals surface area contributed by atoms with Gasteiger partial charge in [0.1, 0.15) is 0 Å². The number of hydrogen-bond donors (Lipinski definition) is 1. The standard InChI is InChI=1S/C21H24ClN3O4S/c1-24(15-20(26)23-19-8-4-3-7-18(19)22)21(27)16-9-11-17(12-10-16)30(28,29)25-13-5-2-6-14-25/h3-4,7-12H,2,5-6,13-15H2,1H3,(H,23,26). The summed E-state index contributed by atoms with van der Waals surface area (Å²) in [5.74, 6) is -0.769. The number of rotatable bonds is 6. The lowest BCUT2D eigenvalue weighted by Gasteiger charge is -2.26. The fourth-order valence-corrected chi connectivity index (χ4v) is 4.98. The van der Waals surface area contributed by atoms with E-state index < -0.39 is 10.0 Å².